The van der Waals surface area contributed by atoms with Crippen molar-refractivity contribution in [2.24, 2.45) is 5.92 Å². The molecule has 1 unspecified atom stereocenters. The van der Waals surface area contributed by atoms with Gasteiger partial charge in [0, 0.05) is 18.8 Å². The van der Waals surface area contributed by atoms with Gasteiger partial charge in [-0.3, -0.25) is 0 Å². The predicted molar refractivity (Wildman–Crippen MR) is 39.7 cm³/mol. The molecule has 0 bridgehead atoms. The Hall–Kier alpha value is -1.17. The van der Waals surface area contributed by atoms with Gasteiger partial charge in [-0.05, 0) is 12.8 Å². The molecular formula is C8H11NO2. The Morgan fingerprint density at radius 2 is 2.09 bits per heavy atom. The van der Waals surface area contributed by atoms with E-state index in [0.29, 0.717) is 25.7 Å². The fraction of sp³-hybridized carbons (Fsp3) is 0.625. The van der Waals surface area contributed by atoms with Gasteiger partial charge in [0.15, 0.2) is 0 Å². The van der Waals surface area contributed by atoms with Crippen molar-refractivity contribution >= 4 is 12.6 Å². The molecular weight excluding hydrogens is 142 g/mol. The summed E-state index contributed by atoms with van der Waals surface area (Å²) in [6.07, 6.45) is 3.57. The molecule has 3 nitrogen and oxygen atoms in total. The first-order chi connectivity index (χ1) is 5.35. The van der Waals surface area contributed by atoms with Gasteiger partial charge in [-0.25, -0.2) is 0 Å². The predicted octanol–water partition coefficient (Wildman–Crippen LogP) is 1.08. The maximum absolute atomic E-state index is 10.3. The largest absolute Gasteiger partial charge is 0.303 e. The summed E-state index contributed by atoms with van der Waals surface area (Å²) in [5.41, 5.74) is 0. The van der Waals surface area contributed by atoms with Crippen molar-refractivity contribution in [1.82, 2.24) is 0 Å². The van der Waals surface area contributed by atoms with Crippen molar-refractivity contribution in [2.75, 3.05) is 0 Å². The van der Waals surface area contributed by atoms with E-state index in [1.165, 1.54) is 0 Å². The summed E-state index contributed by atoms with van der Waals surface area (Å²) in [5.74, 6) is -0.111. The lowest BCUT2D eigenvalue weighted by molar-refractivity contribution is -0.112. The Labute approximate surface area is 66.0 Å². The standard InChI is InChI=1S/C8H11NO2/c9-5-1-3-8(7-11)4-2-6-10/h6-8H,1-4H2. The number of nitriles is 1. The minimum absolute atomic E-state index is 0.111. The second-order valence-corrected chi connectivity index (χ2v) is 2.34. The molecule has 0 saturated heterocycles. The number of hydrogen-bond acceptors (Lipinski definition) is 3. The van der Waals surface area contributed by atoms with Crippen LogP contribution in [0.4, 0.5) is 0 Å². The monoisotopic (exact) mass is 153 g/mol. The molecule has 0 rings (SSSR count). The van der Waals surface area contributed by atoms with E-state index in [1.807, 2.05) is 6.07 Å². The number of rotatable bonds is 6. The fourth-order valence-electron chi connectivity index (χ4n) is 0.812. The zero-order valence-electron chi connectivity index (χ0n) is 6.32. The first-order valence-corrected chi connectivity index (χ1v) is 3.61. The van der Waals surface area contributed by atoms with Gasteiger partial charge in [0.05, 0.1) is 6.07 Å². The van der Waals surface area contributed by atoms with Crippen molar-refractivity contribution in [3.63, 3.8) is 0 Å². The molecule has 60 valence electrons. The Bertz CT molecular complexity index is 160. The van der Waals surface area contributed by atoms with Crippen molar-refractivity contribution in [3.8, 4) is 6.07 Å². The van der Waals surface area contributed by atoms with Gasteiger partial charge >= 0.3 is 0 Å². The van der Waals surface area contributed by atoms with E-state index in [2.05, 4.69) is 0 Å². The van der Waals surface area contributed by atoms with Crippen LogP contribution in [0.1, 0.15) is 25.7 Å². The summed E-state index contributed by atoms with van der Waals surface area (Å²) < 4.78 is 0. The average molecular weight is 153 g/mol. The van der Waals surface area contributed by atoms with E-state index >= 15 is 0 Å². The van der Waals surface area contributed by atoms with E-state index in [9.17, 15) is 9.59 Å². The van der Waals surface area contributed by atoms with Crippen LogP contribution in [-0.4, -0.2) is 12.6 Å². The van der Waals surface area contributed by atoms with E-state index in [1.54, 1.807) is 0 Å². The number of carbonyl (C=O) groups is 2. The minimum atomic E-state index is -0.111. The summed E-state index contributed by atoms with van der Waals surface area (Å²) >= 11 is 0. The quantitative estimate of drug-likeness (QED) is 0.536. The van der Waals surface area contributed by atoms with Crippen LogP contribution in [0, 0.1) is 17.2 Å². The molecule has 3 heteroatoms. The summed E-state index contributed by atoms with van der Waals surface area (Å²) in [5, 5.41) is 8.20. The Morgan fingerprint density at radius 3 is 2.55 bits per heavy atom. The van der Waals surface area contributed by atoms with Crippen LogP contribution in [0.15, 0.2) is 0 Å². The highest BCUT2D eigenvalue weighted by Crippen LogP contribution is 2.08. The Morgan fingerprint density at radius 1 is 1.36 bits per heavy atom. The molecule has 1 atom stereocenters. The zero-order chi connectivity index (χ0) is 8.53. The molecule has 0 radical (unpaired) electrons. The molecule has 0 heterocycles. The molecule has 0 aliphatic carbocycles. The zero-order valence-corrected chi connectivity index (χ0v) is 6.32. The number of nitrogens with zero attached hydrogens (tertiary/aromatic N) is 1. The first-order valence-electron chi connectivity index (χ1n) is 3.61. The third kappa shape index (κ3) is 5.28. The third-order valence-corrected chi connectivity index (χ3v) is 1.47. The Kier molecular flexibility index (Phi) is 6.20. The Balaban J connectivity index is 3.50. The summed E-state index contributed by atoms with van der Waals surface area (Å²) in [7, 11) is 0. The molecule has 0 saturated carbocycles. The molecule has 11 heavy (non-hydrogen) atoms. The smallest absolute Gasteiger partial charge is 0.123 e. The average Bonchev–Trinajstić information content (AvgIpc) is 2.05. The highest BCUT2D eigenvalue weighted by atomic mass is 16.1. The normalized spacial score (nSPS) is 11.5. The SMILES string of the molecule is N#CCCC(C=O)CCC=O. The lowest BCUT2D eigenvalue weighted by atomic mass is 10.0. The van der Waals surface area contributed by atoms with Crippen molar-refractivity contribution < 1.29 is 9.59 Å². The number of hydrogen-bond donors (Lipinski definition) is 0. The maximum Gasteiger partial charge on any atom is 0.123 e. The topological polar surface area (TPSA) is 57.9 Å². The molecule has 0 aromatic heterocycles. The van der Waals surface area contributed by atoms with E-state index in [4.69, 9.17) is 5.26 Å². The fourth-order valence-corrected chi connectivity index (χ4v) is 0.812. The van der Waals surface area contributed by atoms with Gasteiger partial charge in [-0.1, -0.05) is 0 Å². The molecule has 0 amide bonds. The van der Waals surface area contributed by atoms with Gasteiger partial charge in [0.25, 0.3) is 0 Å². The van der Waals surface area contributed by atoms with E-state index in [-0.39, 0.29) is 5.92 Å². The molecule has 0 spiro atoms. The molecule has 0 aliphatic rings. The van der Waals surface area contributed by atoms with E-state index < -0.39 is 0 Å². The number of carbonyl (C=O) groups excluding carboxylic acids is 2. The molecule has 0 fully saturated rings. The molecule has 0 aromatic carbocycles. The van der Waals surface area contributed by atoms with Crippen LogP contribution >= 0.6 is 0 Å². The minimum Gasteiger partial charge on any atom is -0.303 e. The summed E-state index contributed by atoms with van der Waals surface area (Å²) in [4.78, 5) is 20.2. The van der Waals surface area contributed by atoms with Crippen molar-refractivity contribution in [3.05, 3.63) is 0 Å². The van der Waals surface area contributed by atoms with Crippen LogP contribution in [0.5, 0.6) is 0 Å². The molecule has 0 N–H and O–H groups in total. The van der Waals surface area contributed by atoms with Crippen molar-refractivity contribution in [2.45, 2.75) is 25.7 Å². The van der Waals surface area contributed by atoms with Crippen LogP contribution in [0.2, 0.25) is 0 Å². The first kappa shape index (κ1) is 9.83. The third-order valence-electron chi connectivity index (χ3n) is 1.47. The second-order valence-electron chi connectivity index (χ2n) is 2.34. The van der Waals surface area contributed by atoms with Crippen LogP contribution in [0.25, 0.3) is 0 Å². The maximum atomic E-state index is 10.3. The van der Waals surface area contributed by atoms with Gasteiger partial charge in [0.1, 0.15) is 12.6 Å². The lowest BCUT2D eigenvalue weighted by Gasteiger charge is -2.02. The lowest BCUT2D eigenvalue weighted by Crippen LogP contribution is -2.01. The number of aldehydes is 2. The van der Waals surface area contributed by atoms with Gasteiger partial charge in [0.2, 0.25) is 0 Å². The highest BCUT2D eigenvalue weighted by Gasteiger charge is 2.05. The van der Waals surface area contributed by atoms with Gasteiger partial charge in [-0.15, -0.1) is 0 Å². The molecule has 0 aliphatic heterocycles. The van der Waals surface area contributed by atoms with Gasteiger partial charge in [-0.2, -0.15) is 5.26 Å². The second kappa shape index (κ2) is 6.94. The van der Waals surface area contributed by atoms with Gasteiger partial charge < -0.3 is 9.59 Å². The van der Waals surface area contributed by atoms with Crippen molar-refractivity contribution in [1.29, 1.82) is 5.26 Å². The van der Waals surface area contributed by atoms with E-state index in [0.717, 1.165) is 12.6 Å². The van der Waals surface area contributed by atoms with Crippen LogP contribution in [0.3, 0.4) is 0 Å². The summed E-state index contributed by atoms with van der Waals surface area (Å²) in [6, 6.07) is 1.96. The van der Waals surface area contributed by atoms with Crippen LogP contribution < -0.4 is 0 Å². The molecule has 0 aromatic rings. The highest BCUT2D eigenvalue weighted by molar-refractivity contribution is 5.55. The van der Waals surface area contributed by atoms with Crippen LogP contribution in [-0.2, 0) is 9.59 Å². The summed E-state index contributed by atoms with van der Waals surface area (Å²) in [6.45, 7) is 0.